The van der Waals surface area contributed by atoms with Crippen molar-refractivity contribution in [2.75, 3.05) is 72.0 Å². The van der Waals surface area contributed by atoms with Gasteiger partial charge in [0, 0.05) is 78.9 Å². The Hall–Kier alpha value is -6.36. The molecule has 11 heterocycles. The second-order valence-electron chi connectivity index (χ2n) is 24.7. The Balaban J connectivity index is 0.711. The Morgan fingerprint density at radius 3 is 0.494 bits per heavy atom. The summed E-state index contributed by atoms with van der Waals surface area (Å²) < 4.78 is 0. The minimum atomic E-state index is -0.850. The van der Waals surface area contributed by atoms with E-state index in [-0.39, 0.29) is 65.0 Å². The topological polar surface area (TPSA) is 267 Å². The van der Waals surface area contributed by atoms with E-state index in [9.17, 15) is 57.5 Å². The number of amides is 12. The number of likely N-dealkylation sites (tertiary alicyclic amines) is 11. The Bertz CT molecular complexity index is 2410. The summed E-state index contributed by atoms with van der Waals surface area (Å²) in [6.07, 6.45) is 11.3. The molecule has 2 N–H and O–H groups in total. The van der Waals surface area contributed by atoms with Crippen LogP contribution in [0.3, 0.4) is 0 Å². The fraction of sp³-hybridized carbons (Fsp3) is 0.789. The molecule has 11 saturated heterocycles. The summed E-state index contributed by atoms with van der Waals surface area (Å²) in [5.74, 6) is -3.81. The van der Waals surface area contributed by atoms with Crippen LogP contribution in [0.1, 0.15) is 148 Å². The van der Waals surface area contributed by atoms with E-state index in [0.29, 0.717) is 213 Å². The third kappa shape index (κ3) is 10.3. The van der Waals surface area contributed by atoms with Crippen molar-refractivity contribution < 1.29 is 57.5 Å². The van der Waals surface area contributed by atoms with Crippen LogP contribution in [0.5, 0.6) is 0 Å². The summed E-state index contributed by atoms with van der Waals surface area (Å²) in [7, 11) is 0. The highest BCUT2D eigenvalue weighted by Gasteiger charge is 2.53. The van der Waals surface area contributed by atoms with Crippen LogP contribution in [-0.2, 0) is 57.5 Å². The molecule has 11 aliphatic rings. The lowest BCUT2D eigenvalue weighted by atomic mass is 10.1. The first-order valence-corrected chi connectivity index (χ1v) is 30.7. The summed E-state index contributed by atoms with van der Waals surface area (Å²) in [6, 6.07) is -8.57. The van der Waals surface area contributed by atoms with Crippen molar-refractivity contribution in [1.82, 2.24) is 53.9 Å². The molecule has 0 aromatic heterocycles. The Morgan fingerprint density at radius 2 is 0.346 bits per heavy atom. The van der Waals surface area contributed by atoms with Crippen LogP contribution in [0.2, 0.25) is 0 Å². The van der Waals surface area contributed by atoms with Crippen molar-refractivity contribution in [3.63, 3.8) is 0 Å². The molecule has 24 heteroatoms. The lowest BCUT2D eigenvalue weighted by Gasteiger charge is -2.38. The zero-order valence-corrected chi connectivity index (χ0v) is 47.1. The first-order valence-electron chi connectivity index (χ1n) is 30.7. The minimum Gasteiger partial charge on any atom is -0.368 e. The number of carbonyl (C=O) groups is 12. The monoisotopic (exact) mass is 1130 g/mol. The summed E-state index contributed by atoms with van der Waals surface area (Å²) in [4.78, 5) is 186. The zero-order chi connectivity index (χ0) is 57.0. The SMILES string of the molecule is CC(=O)N1CCC[C@@H]1C(=O)N1CCC[C@@H]1C(=O)N1CCC[C@@H]1C(=O)N1CCC[C@@H]1C(=O)N1CCC[C@@H]1C(=O)N1CCC[C@@H]1C(=O)N1CCC[C@@H]1C(=O)N1CCC[C@@H]1C(=O)N1CCC[C@@H]1C(=O)N1CCC[C@@H]1C(=O)N1CCC[C@@H]1C(N)=O. The number of rotatable bonds is 11. The summed E-state index contributed by atoms with van der Waals surface area (Å²) >= 11 is 0. The normalized spacial score (nSPS) is 32.4. The molecule has 11 fully saturated rings. The molecule has 0 spiro atoms. The van der Waals surface area contributed by atoms with E-state index in [2.05, 4.69) is 0 Å². The maximum absolute atomic E-state index is 14.8. The number of hydrogen-bond donors (Lipinski definition) is 1. The lowest BCUT2D eigenvalue weighted by molar-refractivity contribution is -0.156. The lowest BCUT2D eigenvalue weighted by Crippen LogP contribution is -2.59. The average Bonchev–Trinajstić information content (AvgIpc) is 4.34. The summed E-state index contributed by atoms with van der Waals surface area (Å²) in [5.41, 5.74) is 5.63. The highest BCUT2D eigenvalue weighted by molar-refractivity contribution is 6.00. The molecule has 12 amide bonds. The summed E-state index contributed by atoms with van der Waals surface area (Å²) in [5, 5.41) is 0. The maximum atomic E-state index is 14.8. The number of carbonyl (C=O) groups excluding carboxylic acids is 12. The van der Waals surface area contributed by atoms with Gasteiger partial charge in [-0.3, -0.25) is 57.5 Å². The predicted molar refractivity (Wildman–Crippen MR) is 287 cm³/mol. The van der Waals surface area contributed by atoms with Crippen LogP contribution < -0.4 is 5.73 Å². The molecule has 0 saturated carbocycles. The number of nitrogens with two attached hydrogens (primary N) is 1. The molecular formula is C57H82N12O12. The largest absolute Gasteiger partial charge is 0.368 e. The third-order valence-corrected chi connectivity index (χ3v) is 20.2. The molecule has 11 rings (SSSR count). The van der Waals surface area contributed by atoms with Crippen molar-refractivity contribution in [2.45, 2.75) is 215 Å². The van der Waals surface area contributed by atoms with E-state index >= 15 is 0 Å². The summed E-state index contributed by atoms with van der Waals surface area (Å²) in [6.45, 7) is 5.33. The second-order valence-corrected chi connectivity index (χ2v) is 24.7. The first-order chi connectivity index (χ1) is 39.1. The molecule has 24 nitrogen and oxygen atoms in total. The van der Waals surface area contributed by atoms with Crippen LogP contribution in [0.15, 0.2) is 0 Å². The fourth-order valence-electron chi connectivity index (χ4n) is 16.2. The standard InChI is InChI=1S/C57H82N12O12/c1-35(70)59-24-3-14-37(59)48(72)61-26-5-16-39(61)50(74)63-28-7-18-41(63)52(76)65-30-9-20-43(65)54(78)67-32-11-22-45(67)56(80)69-34-12-23-46(69)57(81)68-33-10-21-44(68)55(79)66-31-8-19-42(66)53(77)64-29-6-17-40(64)51(75)62-27-4-15-38(62)49(73)60-25-2-13-36(60)47(58)71/h36-46H,2-34H2,1H3,(H2,58,71)/t36-,37-,38-,39-,40-,41-,42-,43-,44-,45-,46-/m1/s1. The van der Waals surface area contributed by atoms with E-state index in [4.69, 9.17) is 5.73 Å². The van der Waals surface area contributed by atoms with Crippen LogP contribution in [0.4, 0.5) is 0 Å². The van der Waals surface area contributed by atoms with Crippen LogP contribution in [0, 0.1) is 0 Å². The van der Waals surface area contributed by atoms with Crippen molar-refractivity contribution in [1.29, 1.82) is 0 Å². The highest BCUT2D eigenvalue weighted by Crippen LogP contribution is 2.36. The van der Waals surface area contributed by atoms with Gasteiger partial charge < -0.3 is 59.6 Å². The van der Waals surface area contributed by atoms with E-state index < -0.39 is 72.4 Å². The van der Waals surface area contributed by atoms with Gasteiger partial charge in [0.15, 0.2) is 0 Å². The molecule has 11 atom stereocenters. The van der Waals surface area contributed by atoms with Gasteiger partial charge in [0.05, 0.1) is 0 Å². The minimum absolute atomic E-state index is 0.172. The highest BCUT2D eigenvalue weighted by atomic mass is 16.2. The van der Waals surface area contributed by atoms with Gasteiger partial charge in [-0.1, -0.05) is 0 Å². The molecule has 0 bridgehead atoms. The number of nitrogens with zero attached hydrogens (tertiary/aromatic N) is 11. The average molecular weight is 1130 g/mol. The molecular weight excluding hydrogens is 1040 g/mol. The smallest absolute Gasteiger partial charge is 0.246 e. The Kier molecular flexibility index (Phi) is 16.4. The number of primary amides is 1. The van der Waals surface area contributed by atoms with Gasteiger partial charge >= 0.3 is 0 Å². The predicted octanol–water partition coefficient (Wildman–Crippen LogP) is -0.607. The molecule has 11 aliphatic heterocycles. The van der Waals surface area contributed by atoms with Gasteiger partial charge in [-0.05, 0) is 141 Å². The van der Waals surface area contributed by atoms with Gasteiger partial charge in [-0.2, -0.15) is 0 Å². The zero-order valence-electron chi connectivity index (χ0n) is 47.1. The van der Waals surface area contributed by atoms with Crippen molar-refractivity contribution in [3.05, 3.63) is 0 Å². The van der Waals surface area contributed by atoms with Crippen molar-refractivity contribution >= 4 is 70.9 Å². The van der Waals surface area contributed by atoms with E-state index in [1.54, 1.807) is 49.0 Å². The van der Waals surface area contributed by atoms with Crippen LogP contribution >= 0.6 is 0 Å². The van der Waals surface area contributed by atoms with E-state index in [1.807, 2.05) is 0 Å². The third-order valence-electron chi connectivity index (χ3n) is 20.2. The fourth-order valence-corrected chi connectivity index (χ4v) is 16.2. The Labute approximate surface area is 473 Å². The van der Waals surface area contributed by atoms with E-state index in [0.717, 1.165) is 0 Å². The molecule has 0 aliphatic carbocycles. The second kappa shape index (κ2) is 23.5. The van der Waals surface area contributed by atoms with Crippen LogP contribution in [0.25, 0.3) is 0 Å². The van der Waals surface area contributed by atoms with Crippen molar-refractivity contribution in [2.24, 2.45) is 5.73 Å². The number of hydrogen-bond acceptors (Lipinski definition) is 12. The molecule has 442 valence electrons. The Morgan fingerprint density at radius 1 is 0.222 bits per heavy atom. The van der Waals surface area contributed by atoms with E-state index in [1.165, 1.54) is 11.8 Å². The van der Waals surface area contributed by atoms with Gasteiger partial charge in [0.1, 0.15) is 66.5 Å². The molecule has 0 aromatic carbocycles. The quantitative estimate of drug-likeness (QED) is 0.272. The maximum Gasteiger partial charge on any atom is 0.246 e. The molecule has 0 radical (unpaired) electrons. The molecule has 0 unspecified atom stereocenters. The molecule has 81 heavy (non-hydrogen) atoms. The first kappa shape index (κ1) is 56.5. The van der Waals surface area contributed by atoms with Gasteiger partial charge in [-0.25, -0.2) is 0 Å². The van der Waals surface area contributed by atoms with Crippen molar-refractivity contribution in [3.8, 4) is 0 Å². The van der Waals surface area contributed by atoms with Crippen LogP contribution in [-0.4, -0.2) is 263 Å². The molecule has 0 aromatic rings. The van der Waals surface area contributed by atoms with Gasteiger partial charge in [-0.15, -0.1) is 0 Å². The van der Waals surface area contributed by atoms with Gasteiger partial charge in [0.2, 0.25) is 70.9 Å². The van der Waals surface area contributed by atoms with Gasteiger partial charge in [0.25, 0.3) is 0 Å².